The number of likely N-dealkylation sites (N-methyl/N-ethyl adjacent to an activating group) is 1. The van der Waals surface area contributed by atoms with Crippen LogP contribution in [-0.2, 0) is 16.1 Å². The maximum Gasteiger partial charge on any atom is 0.266 e. The van der Waals surface area contributed by atoms with Gasteiger partial charge >= 0.3 is 0 Å². The van der Waals surface area contributed by atoms with E-state index in [-0.39, 0.29) is 60.7 Å². The SMILES string of the molecule is CCN1CC(=O)N[C@H]2CN(C(=O)c3c[nH]c(=O)c(Cl)c3)CC[C@@H]2OCc2cccc(c2)Oc2cc(OC(C)C)cc(c2)C1=O. The third-order valence-electron chi connectivity index (χ3n) is 7.39. The van der Waals surface area contributed by atoms with E-state index in [1.54, 1.807) is 30.0 Å². The van der Waals surface area contributed by atoms with Crippen molar-refractivity contribution in [2.24, 2.45) is 0 Å². The van der Waals surface area contributed by atoms with Crippen molar-refractivity contribution in [3.63, 3.8) is 0 Å². The molecule has 0 unspecified atom stereocenters. The smallest absolute Gasteiger partial charge is 0.266 e. The third kappa shape index (κ3) is 7.40. The van der Waals surface area contributed by atoms with Crippen LogP contribution in [0.4, 0.5) is 0 Å². The van der Waals surface area contributed by atoms with Crippen molar-refractivity contribution in [2.45, 2.75) is 52.0 Å². The quantitative estimate of drug-likeness (QED) is 0.450. The summed E-state index contributed by atoms with van der Waals surface area (Å²) in [6, 6.07) is 13.2. The van der Waals surface area contributed by atoms with Gasteiger partial charge in [0.25, 0.3) is 17.4 Å². The maximum atomic E-state index is 13.6. The fraction of sp³-hybridized carbons (Fsp3) is 0.375. The average molecular weight is 623 g/mol. The zero-order valence-corrected chi connectivity index (χ0v) is 25.6. The monoisotopic (exact) mass is 622 g/mol. The van der Waals surface area contributed by atoms with Crippen molar-refractivity contribution >= 4 is 29.3 Å². The summed E-state index contributed by atoms with van der Waals surface area (Å²) in [5, 5.41) is 2.92. The average Bonchev–Trinajstić information content (AvgIpc) is 2.99. The molecule has 3 amide bonds. The Morgan fingerprint density at radius 1 is 1.11 bits per heavy atom. The Morgan fingerprint density at radius 3 is 2.68 bits per heavy atom. The summed E-state index contributed by atoms with van der Waals surface area (Å²) in [5.74, 6) is 0.387. The molecular formula is C32H35ClN4O7. The zero-order chi connectivity index (χ0) is 31.4. The van der Waals surface area contributed by atoms with E-state index < -0.39 is 17.7 Å². The number of benzene rings is 2. The molecule has 1 saturated heterocycles. The number of halogens is 1. The molecule has 11 nitrogen and oxygen atoms in total. The van der Waals surface area contributed by atoms with Gasteiger partial charge in [0, 0.05) is 37.5 Å². The van der Waals surface area contributed by atoms with Gasteiger partial charge in [-0.25, -0.2) is 0 Å². The van der Waals surface area contributed by atoms with Crippen LogP contribution in [0, 0.1) is 0 Å². The number of rotatable bonds is 4. The fourth-order valence-electron chi connectivity index (χ4n) is 5.28. The normalized spacial score (nSPS) is 19.2. The highest BCUT2D eigenvalue weighted by molar-refractivity contribution is 6.30. The van der Waals surface area contributed by atoms with E-state index >= 15 is 0 Å². The van der Waals surface area contributed by atoms with Gasteiger partial charge in [-0.1, -0.05) is 23.7 Å². The number of aromatic amines is 1. The zero-order valence-electron chi connectivity index (χ0n) is 24.8. The number of nitrogens with zero attached hydrogens (tertiary/aromatic N) is 2. The van der Waals surface area contributed by atoms with Crippen LogP contribution in [-0.4, -0.2) is 76.9 Å². The Hall–Kier alpha value is -4.35. The minimum Gasteiger partial charge on any atom is -0.491 e. The highest BCUT2D eigenvalue weighted by atomic mass is 35.5. The summed E-state index contributed by atoms with van der Waals surface area (Å²) in [5.41, 5.74) is 0.923. The number of H-pyrrole nitrogens is 1. The van der Waals surface area contributed by atoms with Crippen LogP contribution in [0.5, 0.6) is 17.2 Å². The van der Waals surface area contributed by atoms with Gasteiger partial charge in [0.1, 0.15) is 22.3 Å². The Morgan fingerprint density at radius 2 is 1.93 bits per heavy atom. The third-order valence-corrected chi connectivity index (χ3v) is 7.67. The number of piperidine rings is 1. The number of pyridine rings is 1. The molecular weight excluding hydrogens is 588 g/mol. The van der Waals surface area contributed by atoms with Crippen LogP contribution in [0.15, 0.2) is 59.5 Å². The Labute approximate surface area is 260 Å². The standard InChI is InChI=1S/C32H35ClN4O7/c1-4-36-17-29(38)35-27-16-37(32(41)22-13-26(33)30(39)34-15-22)9-8-28(27)42-18-20-6-5-7-23(10-20)44-25-12-21(31(36)40)11-24(14-25)43-19(2)3/h5-7,10-15,19,27-28H,4,8-9,16-18H2,1-3H3,(H,34,39)(H,35,38)/t27-,28-/m0/s1. The van der Waals surface area contributed by atoms with Crippen molar-refractivity contribution in [1.29, 1.82) is 0 Å². The molecule has 0 saturated carbocycles. The topological polar surface area (TPSA) is 130 Å². The molecule has 0 spiro atoms. The minimum absolute atomic E-state index is 0.0870. The molecule has 232 valence electrons. The lowest BCUT2D eigenvalue weighted by atomic mass is 10.0. The van der Waals surface area contributed by atoms with Crippen LogP contribution in [0.1, 0.15) is 53.5 Å². The molecule has 2 aliphatic heterocycles. The molecule has 0 aliphatic carbocycles. The van der Waals surface area contributed by atoms with E-state index in [4.69, 9.17) is 25.8 Å². The van der Waals surface area contributed by atoms with E-state index in [9.17, 15) is 19.2 Å². The lowest BCUT2D eigenvalue weighted by Crippen LogP contribution is -2.58. The summed E-state index contributed by atoms with van der Waals surface area (Å²) in [7, 11) is 0. The van der Waals surface area contributed by atoms with E-state index in [1.165, 1.54) is 17.2 Å². The van der Waals surface area contributed by atoms with Crippen LogP contribution >= 0.6 is 11.6 Å². The second-order valence-corrected chi connectivity index (χ2v) is 11.5. The summed E-state index contributed by atoms with van der Waals surface area (Å²) in [4.78, 5) is 57.5. The van der Waals surface area contributed by atoms with Crippen molar-refractivity contribution in [3.05, 3.63) is 86.8 Å². The van der Waals surface area contributed by atoms with Gasteiger partial charge in [-0.05, 0) is 63.1 Å². The molecule has 2 N–H and O–H groups in total. The van der Waals surface area contributed by atoms with Crippen LogP contribution in [0.3, 0.4) is 0 Å². The molecule has 1 aromatic heterocycles. The number of hydrogen-bond acceptors (Lipinski definition) is 7. The Kier molecular flexibility index (Phi) is 9.55. The Bertz CT molecular complexity index is 1610. The van der Waals surface area contributed by atoms with E-state index in [0.29, 0.717) is 35.8 Å². The number of carbonyl (C=O) groups is 3. The molecule has 2 aliphatic rings. The van der Waals surface area contributed by atoms with Crippen LogP contribution in [0.25, 0.3) is 0 Å². The lowest BCUT2D eigenvalue weighted by molar-refractivity contribution is -0.124. The van der Waals surface area contributed by atoms with Gasteiger partial charge < -0.3 is 34.3 Å². The van der Waals surface area contributed by atoms with Crippen LogP contribution in [0.2, 0.25) is 5.02 Å². The summed E-state index contributed by atoms with van der Waals surface area (Å²) < 4.78 is 18.4. The number of carbonyl (C=O) groups excluding carboxylic acids is 3. The number of amides is 3. The van der Waals surface area contributed by atoms with Crippen LogP contribution < -0.4 is 20.3 Å². The second kappa shape index (κ2) is 13.5. The van der Waals surface area contributed by atoms with Crippen molar-refractivity contribution in [2.75, 3.05) is 26.2 Å². The molecule has 44 heavy (non-hydrogen) atoms. The molecule has 2 atom stereocenters. The molecule has 3 heterocycles. The second-order valence-electron chi connectivity index (χ2n) is 11.1. The van der Waals surface area contributed by atoms with Gasteiger partial charge in [0.2, 0.25) is 5.91 Å². The molecule has 0 radical (unpaired) electrons. The Balaban J connectivity index is 1.44. The summed E-state index contributed by atoms with van der Waals surface area (Å²) in [6.07, 6.45) is 1.23. The first-order valence-electron chi connectivity index (χ1n) is 14.6. The number of fused-ring (bicyclic) bond motifs is 5. The van der Waals surface area contributed by atoms with Crippen molar-refractivity contribution in [1.82, 2.24) is 20.1 Å². The van der Waals surface area contributed by atoms with E-state index in [2.05, 4.69) is 10.3 Å². The van der Waals surface area contributed by atoms with Gasteiger partial charge in [-0.3, -0.25) is 19.2 Å². The highest BCUT2D eigenvalue weighted by Crippen LogP contribution is 2.30. The lowest BCUT2D eigenvalue weighted by Gasteiger charge is -2.39. The first-order valence-corrected chi connectivity index (χ1v) is 14.9. The number of hydrogen-bond donors (Lipinski definition) is 2. The first-order chi connectivity index (χ1) is 21.1. The fourth-order valence-corrected chi connectivity index (χ4v) is 5.46. The van der Waals surface area contributed by atoms with Crippen molar-refractivity contribution in [3.8, 4) is 17.2 Å². The maximum absolute atomic E-state index is 13.6. The minimum atomic E-state index is -0.561. The van der Waals surface area contributed by atoms with Gasteiger partial charge in [-0.2, -0.15) is 0 Å². The molecule has 4 bridgehead atoms. The molecule has 5 rings (SSSR count). The molecule has 1 fully saturated rings. The summed E-state index contributed by atoms with van der Waals surface area (Å²) in [6.45, 7) is 6.43. The van der Waals surface area contributed by atoms with Crippen molar-refractivity contribution < 1.29 is 28.6 Å². The van der Waals surface area contributed by atoms with Gasteiger partial charge in [0.05, 0.1) is 37.0 Å². The number of nitrogens with one attached hydrogen (secondary N) is 2. The number of aromatic nitrogens is 1. The highest BCUT2D eigenvalue weighted by Gasteiger charge is 2.34. The number of likely N-dealkylation sites (tertiary alicyclic amines) is 1. The first kappa shape index (κ1) is 31.1. The van der Waals surface area contributed by atoms with E-state index in [0.717, 1.165) is 5.56 Å². The van der Waals surface area contributed by atoms with Gasteiger partial charge in [0.15, 0.2) is 0 Å². The largest absolute Gasteiger partial charge is 0.491 e. The molecule has 12 heteroatoms. The molecule has 3 aromatic rings. The van der Waals surface area contributed by atoms with E-state index in [1.807, 2.05) is 38.1 Å². The molecule has 2 aromatic carbocycles. The number of ether oxygens (including phenoxy) is 3. The van der Waals surface area contributed by atoms with Gasteiger partial charge in [-0.15, -0.1) is 0 Å². The predicted octanol–water partition coefficient (Wildman–Crippen LogP) is 4.00. The summed E-state index contributed by atoms with van der Waals surface area (Å²) >= 11 is 5.95. The predicted molar refractivity (Wildman–Crippen MR) is 163 cm³/mol.